The van der Waals surface area contributed by atoms with Gasteiger partial charge in [0.1, 0.15) is 11.8 Å². The van der Waals surface area contributed by atoms with Gasteiger partial charge in [-0.25, -0.2) is 0 Å². The lowest BCUT2D eigenvalue weighted by molar-refractivity contribution is -0.143. The Kier molecular flexibility index (Phi) is 8.90. The molecule has 6 heteroatoms. The van der Waals surface area contributed by atoms with Crippen LogP contribution in [0.1, 0.15) is 56.4 Å². The average Bonchev–Trinajstić information content (AvgIpc) is 2.70. The minimum absolute atomic E-state index is 0.133. The van der Waals surface area contributed by atoms with Crippen molar-refractivity contribution in [3.63, 3.8) is 0 Å². The molecule has 0 aromatic heterocycles. The number of hydrogen-bond acceptors (Lipinski definition) is 3. The molecule has 32 heavy (non-hydrogen) atoms. The van der Waals surface area contributed by atoms with Crippen LogP contribution in [0.5, 0.6) is 5.75 Å². The van der Waals surface area contributed by atoms with Crippen molar-refractivity contribution in [3.8, 4) is 5.75 Å². The van der Waals surface area contributed by atoms with Crippen molar-refractivity contribution in [2.75, 3.05) is 6.61 Å². The molecule has 1 atom stereocenters. The number of carbonyl (C=O) groups is 2. The number of nitrogens with zero attached hydrogens (tertiary/aromatic N) is 1. The standard InChI is InChI=1S/C26H35BrN2O3/c1-8-22(25(31)28-26(5,6)7)29(15-20-11-9-17(2)10-12-20)23(30)16-32-21-13-18(3)24(27)19(4)14-21/h9-14,22H,8,15-16H2,1-7H3,(H,28,31). The van der Waals surface area contributed by atoms with Gasteiger partial charge in [-0.3, -0.25) is 9.59 Å². The Balaban J connectivity index is 2.26. The van der Waals surface area contributed by atoms with Gasteiger partial charge in [-0.2, -0.15) is 0 Å². The number of hydrogen-bond donors (Lipinski definition) is 1. The average molecular weight is 503 g/mol. The monoisotopic (exact) mass is 502 g/mol. The van der Waals surface area contributed by atoms with E-state index in [-0.39, 0.29) is 24.0 Å². The fourth-order valence-corrected chi connectivity index (χ4v) is 3.71. The highest BCUT2D eigenvalue weighted by Gasteiger charge is 2.30. The van der Waals surface area contributed by atoms with Crippen LogP contribution in [0, 0.1) is 20.8 Å². The van der Waals surface area contributed by atoms with Crippen molar-refractivity contribution in [2.24, 2.45) is 0 Å². The van der Waals surface area contributed by atoms with Crippen LogP contribution in [0.4, 0.5) is 0 Å². The van der Waals surface area contributed by atoms with Gasteiger partial charge in [0.05, 0.1) is 0 Å². The van der Waals surface area contributed by atoms with Crippen molar-refractivity contribution in [1.29, 1.82) is 0 Å². The second-order valence-corrected chi connectivity index (χ2v) is 10.1. The van der Waals surface area contributed by atoms with E-state index in [0.29, 0.717) is 18.7 Å². The largest absolute Gasteiger partial charge is 0.484 e. The van der Waals surface area contributed by atoms with E-state index in [1.807, 2.05) is 84.9 Å². The zero-order chi connectivity index (χ0) is 24.1. The Labute approximate surface area is 200 Å². The van der Waals surface area contributed by atoms with Crippen molar-refractivity contribution >= 4 is 27.7 Å². The molecule has 2 amide bonds. The van der Waals surface area contributed by atoms with Crippen LogP contribution in [0.25, 0.3) is 0 Å². The van der Waals surface area contributed by atoms with Crippen molar-refractivity contribution in [2.45, 2.75) is 73.0 Å². The van der Waals surface area contributed by atoms with Crippen LogP contribution in [-0.2, 0) is 16.1 Å². The molecular formula is C26H35BrN2O3. The maximum absolute atomic E-state index is 13.3. The number of aryl methyl sites for hydroxylation is 3. The van der Waals surface area contributed by atoms with Gasteiger partial charge in [0, 0.05) is 16.6 Å². The highest BCUT2D eigenvalue weighted by molar-refractivity contribution is 9.10. The first-order valence-corrected chi connectivity index (χ1v) is 11.8. The smallest absolute Gasteiger partial charge is 0.261 e. The van der Waals surface area contributed by atoms with Gasteiger partial charge in [-0.1, -0.05) is 52.7 Å². The summed E-state index contributed by atoms with van der Waals surface area (Å²) in [5.41, 5.74) is 3.82. The van der Waals surface area contributed by atoms with E-state index in [0.717, 1.165) is 26.7 Å². The molecule has 0 bridgehead atoms. The normalized spacial score (nSPS) is 12.2. The van der Waals surface area contributed by atoms with Gasteiger partial charge in [-0.15, -0.1) is 0 Å². The predicted molar refractivity (Wildman–Crippen MR) is 133 cm³/mol. The zero-order valence-electron chi connectivity index (χ0n) is 20.2. The van der Waals surface area contributed by atoms with Gasteiger partial charge in [0.25, 0.3) is 5.91 Å². The molecule has 174 valence electrons. The van der Waals surface area contributed by atoms with Crippen LogP contribution >= 0.6 is 15.9 Å². The number of rotatable bonds is 8. The molecule has 0 aliphatic rings. The molecule has 1 unspecified atom stereocenters. The predicted octanol–water partition coefficient (Wildman–Crippen LogP) is 5.48. The lowest BCUT2D eigenvalue weighted by Crippen LogP contribution is -2.54. The summed E-state index contributed by atoms with van der Waals surface area (Å²) in [5.74, 6) is 0.259. The number of amides is 2. The van der Waals surface area contributed by atoms with Gasteiger partial charge in [0.15, 0.2) is 6.61 Å². The van der Waals surface area contributed by atoms with Crippen LogP contribution in [0.2, 0.25) is 0 Å². The molecule has 0 heterocycles. The lowest BCUT2D eigenvalue weighted by atomic mass is 10.1. The fraction of sp³-hybridized carbons (Fsp3) is 0.462. The Morgan fingerprint density at radius 3 is 2.12 bits per heavy atom. The Morgan fingerprint density at radius 1 is 1.06 bits per heavy atom. The molecule has 2 aromatic rings. The summed E-state index contributed by atoms with van der Waals surface area (Å²) in [7, 11) is 0. The Hall–Kier alpha value is -2.34. The Morgan fingerprint density at radius 2 is 1.62 bits per heavy atom. The van der Waals surface area contributed by atoms with E-state index in [1.54, 1.807) is 4.90 Å². The van der Waals surface area contributed by atoms with E-state index < -0.39 is 6.04 Å². The zero-order valence-corrected chi connectivity index (χ0v) is 21.8. The number of ether oxygens (including phenoxy) is 1. The molecule has 1 N–H and O–H groups in total. The van der Waals surface area contributed by atoms with E-state index >= 15 is 0 Å². The fourth-order valence-electron chi connectivity index (χ4n) is 3.48. The first-order chi connectivity index (χ1) is 14.9. The van der Waals surface area contributed by atoms with E-state index in [1.165, 1.54) is 0 Å². The summed E-state index contributed by atoms with van der Waals surface area (Å²) < 4.78 is 6.88. The minimum Gasteiger partial charge on any atom is -0.484 e. The maximum Gasteiger partial charge on any atom is 0.261 e. The summed E-state index contributed by atoms with van der Waals surface area (Å²) in [6.07, 6.45) is 0.510. The third kappa shape index (κ3) is 7.37. The molecule has 0 aliphatic carbocycles. The highest BCUT2D eigenvalue weighted by Crippen LogP contribution is 2.26. The number of nitrogens with one attached hydrogen (secondary N) is 1. The number of benzene rings is 2. The van der Waals surface area contributed by atoms with Crippen LogP contribution in [0.15, 0.2) is 40.9 Å². The van der Waals surface area contributed by atoms with Crippen LogP contribution < -0.4 is 10.1 Å². The summed E-state index contributed by atoms with van der Waals surface area (Å²) in [5, 5.41) is 3.02. The molecule has 0 saturated carbocycles. The topological polar surface area (TPSA) is 58.6 Å². The van der Waals surface area contributed by atoms with Crippen molar-refractivity contribution in [3.05, 3.63) is 63.1 Å². The first-order valence-electron chi connectivity index (χ1n) is 11.0. The second-order valence-electron chi connectivity index (χ2n) is 9.33. The van der Waals surface area contributed by atoms with Crippen molar-refractivity contribution < 1.29 is 14.3 Å². The third-order valence-electron chi connectivity index (χ3n) is 5.13. The van der Waals surface area contributed by atoms with E-state index in [4.69, 9.17) is 4.74 Å². The van der Waals surface area contributed by atoms with Crippen LogP contribution in [-0.4, -0.2) is 34.9 Å². The van der Waals surface area contributed by atoms with Gasteiger partial charge in [-0.05, 0) is 76.8 Å². The first kappa shape index (κ1) is 25.9. The molecule has 5 nitrogen and oxygen atoms in total. The second kappa shape index (κ2) is 11.0. The molecule has 0 spiro atoms. The summed E-state index contributed by atoms with van der Waals surface area (Å²) in [6, 6.07) is 11.2. The van der Waals surface area contributed by atoms with Gasteiger partial charge < -0.3 is 15.0 Å². The third-order valence-corrected chi connectivity index (χ3v) is 6.38. The summed E-state index contributed by atoms with van der Waals surface area (Å²) in [4.78, 5) is 28.0. The van der Waals surface area contributed by atoms with E-state index in [9.17, 15) is 9.59 Å². The van der Waals surface area contributed by atoms with Gasteiger partial charge in [0.2, 0.25) is 5.91 Å². The lowest BCUT2D eigenvalue weighted by Gasteiger charge is -2.33. The Bertz CT molecular complexity index is 926. The number of halogens is 1. The molecule has 0 radical (unpaired) electrons. The highest BCUT2D eigenvalue weighted by atomic mass is 79.9. The van der Waals surface area contributed by atoms with Crippen LogP contribution in [0.3, 0.4) is 0 Å². The summed E-state index contributed by atoms with van der Waals surface area (Å²) >= 11 is 3.55. The SMILES string of the molecule is CCC(C(=O)NC(C)(C)C)N(Cc1ccc(C)cc1)C(=O)COc1cc(C)c(Br)c(C)c1. The number of carbonyl (C=O) groups excluding carboxylic acids is 2. The molecular weight excluding hydrogens is 468 g/mol. The molecule has 2 aromatic carbocycles. The quantitative estimate of drug-likeness (QED) is 0.520. The minimum atomic E-state index is -0.583. The molecule has 0 fully saturated rings. The molecule has 2 rings (SSSR count). The van der Waals surface area contributed by atoms with Gasteiger partial charge >= 0.3 is 0 Å². The van der Waals surface area contributed by atoms with E-state index in [2.05, 4.69) is 21.2 Å². The maximum atomic E-state index is 13.3. The molecule has 0 aliphatic heterocycles. The molecule has 0 saturated heterocycles. The van der Waals surface area contributed by atoms with Crippen molar-refractivity contribution in [1.82, 2.24) is 10.2 Å². The summed E-state index contributed by atoms with van der Waals surface area (Å²) in [6.45, 7) is 13.9.